The molecule has 0 saturated heterocycles. The van der Waals surface area contributed by atoms with Gasteiger partial charge in [0.15, 0.2) is 18.1 Å². The van der Waals surface area contributed by atoms with Crippen LogP contribution < -0.4 is 14.8 Å². The molecule has 1 aliphatic rings. The molecular weight excluding hydrogens is 326 g/mol. The number of benzene rings is 1. The lowest BCUT2D eigenvalue weighted by molar-refractivity contribution is -0.118. The Morgan fingerprint density at radius 1 is 1.42 bits per heavy atom. The number of nitrogens with zero attached hydrogens (tertiary/aromatic N) is 2. The van der Waals surface area contributed by atoms with E-state index in [0.717, 1.165) is 22.7 Å². The number of aromatic nitrogens is 2. The molecule has 0 spiro atoms. The number of rotatable bonds is 5. The number of hydrogen-bond acceptors (Lipinski definition) is 6. The second kappa shape index (κ2) is 6.39. The van der Waals surface area contributed by atoms with Crippen molar-refractivity contribution in [1.29, 1.82) is 0 Å². The molecule has 128 valence electrons. The second-order valence-electron chi connectivity index (χ2n) is 6.72. The van der Waals surface area contributed by atoms with E-state index in [9.17, 15) is 4.79 Å². The summed E-state index contributed by atoms with van der Waals surface area (Å²) in [4.78, 5) is 12.1. The van der Waals surface area contributed by atoms with E-state index in [2.05, 4.69) is 15.5 Å². The summed E-state index contributed by atoms with van der Waals surface area (Å²) in [7, 11) is 0. The Labute approximate surface area is 145 Å². The van der Waals surface area contributed by atoms with E-state index in [-0.39, 0.29) is 24.0 Å². The number of ether oxygens (including phenoxy) is 2. The van der Waals surface area contributed by atoms with Gasteiger partial charge in [-0.3, -0.25) is 10.1 Å². The van der Waals surface area contributed by atoms with Crippen LogP contribution >= 0.6 is 11.3 Å². The van der Waals surface area contributed by atoms with Crippen LogP contribution in [0.1, 0.15) is 44.2 Å². The van der Waals surface area contributed by atoms with E-state index >= 15 is 0 Å². The van der Waals surface area contributed by atoms with Crippen molar-refractivity contribution in [3.8, 4) is 11.5 Å². The SMILES string of the molecule is CC(C)c1nnc(NC(=O)COc2cccc3c2OC(C)(C)C3)s1. The summed E-state index contributed by atoms with van der Waals surface area (Å²) >= 11 is 1.38. The highest BCUT2D eigenvalue weighted by molar-refractivity contribution is 7.15. The molecular formula is C17H21N3O3S. The van der Waals surface area contributed by atoms with Crippen LogP contribution in [-0.4, -0.2) is 28.3 Å². The smallest absolute Gasteiger partial charge is 0.264 e. The molecule has 0 bridgehead atoms. The van der Waals surface area contributed by atoms with Gasteiger partial charge in [0.25, 0.3) is 5.91 Å². The van der Waals surface area contributed by atoms with Gasteiger partial charge in [-0.25, -0.2) is 0 Å². The average Bonchev–Trinajstić information content (AvgIpc) is 3.07. The van der Waals surface area contributed by atoms with Gasteiger partial charge in [-0.2, -0.15) is 0 Å². The lowest BCUT2D eigenvalue weighted by Gasteiger charge is -2.18. The number of anilines is 1. The van der Waals surface area contributed by atoms with Crippen molar-refractivity contribution in [2.75, 3.05) is 11.9 Å². The van der Waals surface area contributed by atoms with Crippen molar-refractivity contribution < 1.29 is 14.3 Å². The van der Waals surface area contributed by atoms with Crippen LogP contribution in [0.4, 0.5) is 5.13 Å². The van der Waals surface area contributed by atoms with E-state index < -0.39 is 0 Å². The monoisotopic (exact) mass is 347 g/mol. The topological polar surface area (TPSA) is 73.3 Å². The van der Waals surface area contributed by atoms with E-state index in [1.54, 1.807) is 0 Å². The molecule has 2 aromatic rings. The predicted molar refractivity (Wildman–Crippen MR) is 93.0 cm³/mol. The minimum atomic E-state index is -0.267. The molecule has 1 N–H and O–H groups in total. The minimum absolute atomic E-state index is 0.100. The van der Waals surface area contributed by atoms with Crippen LogP contribution in [0.3, 0.4) is 0 Å². The van der Waals surface area contributed by atoms with Crippen LogP contribution in [0.15, 0.2) is 18.2 Å². The molecule has 0 radical (unpaired) electrons. The molecule has 6 nitrogen and oxygen atoms in total. The Bertz CT molecular complexity index is 755. The number of para-hydroxylation sites is 1. The van der Waals surface area contributed by atoms with Gasteiger partial charge >= 0.3 is 0 Å². The van der Waals surface area contributed by atoms with Gasteiger partial charge in [0.05, 0.1) is 0 Å². The Morgan fingerprint density at radius 3 is 2.92 bits per heavy atom. The Hall–Kier alpha value is -2.15. The van der Waals surface area contributed by atoms with Gasteiger partial charge in [-0.1, -0.05) is 37.3 Å². The van der Waals surface area contributed by atoms with E-state index in [1.807, 2.05) is 45.9 Å². The van der Waals surface area contributed by atoms with Crippen LogP contribution in [0.2, 0.25) is 0 Å². The third-order valence-corrected chi connectivity index (χ3v) is 4.73. The van der Waals surface area contributed by atoms with Crippen molar-refractivity contribution in [3.05, 3.63) is 28.8 Å². The predicted octanol–water partition coefficient (Wildman–Crippen LogP) is 3.39. The van der Waals surface area contributed by atoms with Gasteiger partial charge in [-0.05, 0) is 19.9 Å². The molecule has 1 amide bonds. The third kappa shape index (κ3) is 3.67. The van der Waals surface area contributed by atoms with Crippen molar-refractivity contribution in [1.82, 2.24) is 10.2 Å². The first kappa shape index (κ1) is 16.7. The summed E-state index contributed by atoms with van der Waals surface area (Å²) in [5.74, 6) is 1.34. The minimum Gasteiger partial charge on any atom is -0.483 e. The second-order valence-corrected chi connectivity index (χ2v) is 7.73. The third-order valence-electron chi connectivity index (χ3n) is 3.59. The Morgan fingerprint density at radius 2 is 2.21 bits per heavy atom. The number of hydrogen-bond donors (Lipinski definition) is 1. The highest BCUT2D eigenvalue weighted by Crippen LogP contribution is 2.41. The maximum Gasteiger partial charge on any atom is 0.264 e. The summed E-state index contributed by atoms with van der Waals surface area (Å²) in [6.45, 7) is 8.03. The molecule has 0 unspecified atom stereocenters. The van der Waals surface area contributed by atoms with Crippen LogP contribution in [0, 0.1) is 0 Å². The zero-order chi connectivity index (χ0) is 17.3. The van der Waals surface area contributed by atoms with Gasteiger partial charge in [0, 0.05) is 17.9 Å². The first-order valence-electron chi connectivity index (χ1n) is 7.91. The van der Waals surface area contributed by atoms with Gasteiger partial charge in [0.1, 0.15) is 10.6 Å². The molecule has 2 heterocycles. The molecule has 7 heteroatoms. The summed E-state index contributed by atoms with van der Waals surface area (Å²) in [5, 5.41) is 12.1. The molecule has 3 rings (SSSR count). The molecule has 1 aromatic carbocycles. The molecule has 0 fully saturated rings. The number of fused-ring (bicyclic) bond motifs is 1. The lowest BCUT2D eigenvalue weighted by Crippen LogP contribution is -2.25. The molecule has 0 aliphatic carbocycles. The Balaban J connectivity index is 1.60. The summed E-state index contributed by atoms with van der Waals surface area (Å²) in [6, 6.07) is 5.75. The zero-order valence-electron chi connectivity index (χ0n) is 14.3. The van der Waals surface area contributed by atoms with E-state index in [4.69, 9.17) is 9.47 Å². The van der Waals surface area contributed by atoms with E-state index in [0.29, 0.717) is 10.9 Å². The van der Waals surface area contributed by atoms with E-state index in [1.165, 1.54) is 11.3 Å². The van der Waals surface area contributed by atoms with Gasteiger partial charge < -0.3 is 9.47 Å². The normalized spacial score (nSPS) is 15.0. The lowest BCUT2D eigenvalue weighted by atomic mass is 10.0. The van der Waals surface area contributed by atoms with Crippen LogP contribution in [0.25, 0.3) is 0 Å². The van der Waals surface area contributed by atoms with Crippen molar-refractivity contribution in [3.63, 3.8) is 0 Å². The maximum atomic E-state index is 12.1. The first-order chi connectivity index (χ1) is 11.3. The number of carbonyl (C=O) groups is 1. The number of carbonyl (C=O) groups excluding carboxylic acids is 1. The first-order valence-corrected chi connectivity index (χ1v) is 8.73. The van der Waals surface area contributed by atoms with Crippen molar-refractivity contribution in [2.45, 2.75) is 45.6 Å². The molecule has 0 atom stereocenters. The number of nitrogens with one attached hydrogen (secondary N) is 1. The highest BCUT2D eigenvalue weighted by Gasteiger charge is 2.32. The molecule has 24 heavy (non-hydrogen) atoms. The largest absolute Gasteiger partial charge is 0.483 e. The van der Waals surface area contributed by atoms with Crippen molar-refractivity contribution >= 4 is 22.4 Å². The summed E-state index contributed by atoms with van der Waals surface area (Å²) < 4.78 is 11.6. The van der Waals surface area contributed by atoms with Crippen LogP contribution in [-0.2, 0) is 11.2 Å². The zero-order valence-corrected chi connectivity index (χ0v) is 15.1. The quantitative estimate of drug-likeness (QED) is 0.897. The van der Waals surface area contributed by atoms with Crippen molar-refractivity contribution in [2.24, 2.45) is 0 Å². The Kier molecular flexibility index (Phi) is 4.45. The summed E-state index contributed by atoms with van der Waals surface area (Å²) in [6.07, 6.45) is 0.828. The van der Waals surface area contributed by atoms with Gasteiger partial charge in [0.2, 0.25) is 5.13 Å². The molecule has 1 aliphatic heterocycles. The van der Waals surface area contributed by atoms with Gasteiger partial charge in [-0.15, -0.1) is 10.2 Å². The fourth-order valence-corrected chi connectivity index (χ4v) is 3.28. The average molecular weight is 347 g/mol. The fourth-order valence-electron chi connectivity index (χ4n) is 2.52. The summed E-state index contributed by atoms with van der Waals surface area (Å²) in [5.41, 5.74) is 0.854. The molecule has 1 aromatic heterocycles. The number of amides is 1. The van der Waals surface area contributed by atoms with Crippen LogP contribution in [0.5, 0.6) is 11.5 Å². The maximum absolute atomic E-state index is 12.1. The standard InChI is InChI=1S/C17H21N3O3S/c1-10(2)15-19-20-16(24-15)18-13(21)9-22-12-7-5-6-11-8-17(3,4)23-14(11)12/h5-7,10H,8-9H2,1-4H3,(H,18,20,21). The highest BCUT2D eigenvalue weighted by atomic mass is 32.1. The molecule has 0 saturated carbocycles. The fraction of sp³-hybridized carbons (Fsp3) is 0.471.